The number of hydrogen-bond donors (Lipinski definition) is 8. The van der Waals surface area contributed by atoms with Gasteiger partial charge >= 0.3 is 11.9 Å². The van der Waals surface area contributed by atoms with Crippen LogP contribution in [-0.2, 0) is 36.8 Å². The van der Waals surface area contributed by atoms with Crippen LogP contribution in [0.3, 0.4) is 0 Å². The first-order valence-electron chi connectivity index (χ1n) is 13.9. The molecule has 9 N–H and O–H groups in total. The highest BCUT2D eigenvalue weighted by atomic mass is 32.2. The molecule has 13 nitrogen and oxygen atoms in total. The Hall–Kier alpha value is -4.56. The molecular formula is C30H37N5O8S. The van der Waals surface area contributed by atoms with Crippen LogP contribution in [0, 0.1) is 0 Å². The quantitative estimate of drug-likeness (QED) is 0.107. The smallest absolute Gasteiger partial charge is 0.326 e. The Morgan fingerprint density at radius 1 is 0.841 bits per heavy atom. The van der Waals surface area contributed by atoms with Crippen LogP contribution in [0.25, 0.3) is 10.9 Å². The van der Waals surface area contributed by atoms with E-state index in [0.29, 0.717) is 17.7 Å². The van der Waals surface area contributed by atoms with E-state index in [1.165, 1.54) is 36.0 Å². The van der Waals surface area contributed by atoms with Crippen molar-refractivity contribution in [2.75, 3.05) is 12.0 Å². The van der Waals surface area contributed by atoms with E-state index < -0.39 is 60.2 Å². The average molecular weight is 628 g/mol. The largest absolute Gasteiger partial charge is 0.508 e. The number of carbonyl (C=O) groups is 5. The van der Waals surface area contributed by atoms with E-state index in [1.807, 2.05) is 30.5 Å². The number of phenolic OH excluding ortho intramolecular Hbond substituents is 1. The molecule has 236 valence electrons. The van der Waals surface area contributed by atoms with Crippen molar-refractivity contribution in [2.45, 2.75) is 56.3 Å². The van der Waals surface area contributed by atoms with Crippen molar-refractivity contribution in [3.05, 3.63) is 65.9 Å². The Kier molecular flexibility index (Phi) is 12.6. The third-order valence-electron chi connectivity index (χ3n) is 6.97. The molecule has 0 saturated carbocycles. The van der Waals surface area contributed by atoms with Crippen LogP contribution in [0.4, 0.5) is 0 Å². The van der Waals surface area contributed by atoms with E-state index in [-0.39, 0.29) is 25.0 Å². The second-order valence-electron chi connectivity index (χ2n) is 10.3. The Bertz CT molecular complexity index is 1460. The molecule has 0 fully saturated rings. The predicted molar refractivity (Wildman–Crippen MR) is 165 cm³/mol. The van der Waals surface area contributed by atoms with Crippen molar-refractivity contribution < 1.29 is 39.3 Å². The van der Waals surface area contributed by atoms with E-state index in [2.05, 4.69) is 20.9 Å². The monoisotopic (exact) mass is 627 g/mol. The number of carboxylic acids is 2. The first kappa shape index (κ1) is 33.9. The standard InChI is InChI=1S/C30H37N5O8S/c1-44-13-12-21(31)27(39)34-25(15-18-16-32-22-5-3-2-4-20(18)22)29(41)35-24(14-17-6-8-19(36)9-7-17)28(40)33-23(30(42)43)10-11-26(37)38/h2-9,16,21,23-25,32,36H,10-15,31H2,1H3,(H,33,40)(H,34,39)(H,35,41)(H,37,38)(H,42,43). The Balaban J connectivity index is 1.89. The SMILES string of the molecule is CSCCC(N)C(=O)NC(Cc1c[nH]c2ccccc12)C(=O)NC(Cc1ccc(O)cc1)C(=O)NC(CCC(=O)O)C(=O)O. The van der Waals surface area contributed by atoms with Gasteiger partial charge in [0.25, 0.3) is 0 Å². The number of carbonyl (C=O) groups excluding carboxylic acids is 3. The summed E-state index contributed by atoms with van der Waals surface area (Å²) in [6.45, 7) is 0. The number of rotatable bonds is 17. The number of thioether (sulfide) groups is 1. The highest BCUT2D eigenvalue weighted by Gasteiger charge is 2.31. The van der Waals surface area contributed by atoms with Crippen molar-refractivity contribution in [3.8, 4) is 5.75 Å². The van der Waals surface area contributed by atoms with Gasteiger partial charge in [0.2, 0.25) is 17.7 Å². The van der Waals surface area contributed by atoms with Crippen LogP contribution in [0.5, 0.6) is 5.75 Å². The lowest BCUT2D eigenvalue weighted by Crippen LogP contribution is -2.58. The number of amides is 3. The van der Waals surface area contributed by atoms with Gasteiger partial charge in [-0.2, -0.15) is 11.8 Å². The van der Waals surface area contributed by atoms with Gasteiger partial charge in [0.1, 0.15) is 23.9 Å². The zero-order chi connectivity index (χ0) is 32.2. The molecule has 1 heterocycles. The Morgan fingerprint density at radius 3 is 2.09 bits per heavy atom. The summed E-state index contributed by atoms with van der Waals surface area (Å²) in [6.07, 6.45) is 3.09. The maximum absolute atomic E-state index is 13.8. The van der Waals surface area contributed by atoms with Crippen LogP contribution in [-0.4, -0.2) is 86.1 Å². The third kappa shape index (κ3) is 10.0. The van der Waals surface area contributed by atoms with E-state index in [9.17, 15) is 34.2 Å². The van der Waals surface area contributed by atoms with Crippen LogP contribution < -0.4 is 21.7 Å². The molecule has 0 spiro atoms. The van der Waals surface area contributed by atoms with Gasteiger partial charge < -0.3 is 42.0 Å². The van der Waals surface area contributed by atoms with Crippen molar-refractivity contribution in [1.29, 1.82) is 0 Å². The van der Waals surface area contributed by atoms with Gasteiger partial charge in [0.05, 0.1) is 6.04 Å². The zero-order valence-electron chi connectivity index (χ0n) is 24.1. The highest BCUT2D eigenvalue weighted by Crippen LogP contribution is 2.20. The fourth-order valence-electron chi connectivity index (χ4n) is 4.53. The number of benzene rings is 2. The van der Waals surface area contributed by atoms with Crippen molar-refractivity contribution in [3.63, 3.8) is 0 Å². The molecule has 3 rings (SSSR count). The van der Waals surface area contributed by atoms with Gasteiger partial charge in [-0.25, -0.2) is 4.79 Å². The number of aliphatic carboxylic acids is 2. The first-order chi connectivity index (χ1) is 21.0. The molecule has 0 aliphatic heterocycles. The summed E-state index contributed by atoms with van der Waals surface area (Å²) in [7, 11) is 0. The number of aromatic amines is 1. The highest BCUT2D eigenvalue weighted by molar-refractivity contribution is 7.98. The minimum absolute atomic E-state index is 0.0160. The Labute approximate surface area is 258 Å². The maximum Gasteiger partial charge on any atom is 0.326 e. The van der Waals surface area contributed by atoms with Gasteiger partial charge in [-0.15, -0.1) is 0 Å². The van der Waals surface area contributed by atoms with E-state index in [4.69, 9.17) is 10.8 Å². The summed E-state index contributed by atoms with van der Waals surface area (Å²) < 4.78 is 0. The number of aromatic hydroxyl groups is 1. The fourth-order valence-corrected chi connectivity index (χ4v) is 5.02. The molecule has 0 saturated heterocycles. The molecule has 0 radical (unpaired) electrons. The predicted octanol–water partition coefficient (Wildman–Crippen LogP) is 1.14. The van der Waals surface area contributed by atoms with E-state index >= 15 is 0 Å². The second-order valence-corrected chi connectivity index (χ2v) is 11.3. The molecule has 0 aliphatic carbocycles. The minimum Gasteiger partial charge on any atom is -0.508 e. The van der Waals surface area contributed by atoms with Crippen LogP contribution in [0.1, 0.15) is 30.4 Å². The average Bonchev–Trinajstić information content (AvgIpc) is 3.40. The summed E-state index contributed by atoms with van der Waals surface area (Å²) in [4.78, 5) is 66.0. The summed E-state index contributed by atoms with van der Waals surface area (Å²) >= 11 is 1.52. The summed E-state index contributed by atoms with van der Waals surface area (Å²) in [5.41, 5.74) is 8.17. The summed E-state index contributed by atoms with van der Waals surface area (Å²) in [5.74, 6) is -4.16. The zero-order valence-corrected chi connectivity index (χ0v) is 24.9. The molecule has 3 aromatic rings. The van der Waals surface area contributed by atoms with E-state index in [0.717, 1.165) is 16.5 Å². The second kappa shape index (κ2) is 16.3. The van der Waals surface area contributed by atoms with Crippen LogP contribution in [0.15, 0.2) is 54.7 Å². The van der Waals surface area contributed by atoms with Gasteiger partial charge in [-0.1, -0.05) is 30.3 Å². The van der Waals surface area contributed by atoms with Gasteiger partial charge in [0.15, 0.2) is 0 Å². The van der Waals surface area contributed by atoms with Gasteiger partial charge in [0, 0.05) is 36.4 Å². The normalized spacial score (nSPS) is 13.8. The van der Waals surface area contributed by atoms with Gasteiger partial charge in [-0.05, 0) is 54.2 Å². The minimum atomic E-state index is -1.52. The van der Waals surface area contributed by atoms with Gasteiger partial charge in [-0.3, -0.25) is 19.2 Å². The lowest BCUT2D eigenvalue weighted by Gasteiger charge is -2.25. The van der Waals surface area contributed by atoms with Crippen molar-refractivity contribution >= 4 is 52.3 Å². The molecular weight excluding hydrogens is 590 g/mol. The molecule has 4 atom stereocenters. The number of nitrogens with one attached hydrogen (secondary N) is 4. The number of para-hydroxylation sites is 1. The van der Waals surface area contributed by atoms with Crippen LogP contribution in [0.2, 0.25) is 0 Å². The first-order valence-corrected chi connectivity index (χ1v) is 15.3. The number of carboxylic acid groups (broad SMARTS) is 2. The summed E-state index contributed by atoms with van der Waals surface area (Å²) in [5, 5.41) is 36.7. The molecule has 14 heteroatoms. The number of fused-ring (bicyclic) bond motifs is 1. The number of phenols is 1. The lowest BCUT2D eigenvalue weighted by atomic mass is 10.0. The molecule has 4 unspecified atom stereocenters. The molecule has 1 aromatic heterocycles. The number of H-pyrrole nitrogens is 1. The lowest BCUT2D eigenvalue weighted by molar-refractivity contribution is -0.143. The molecule has 0 aliphatic rings. The molecule has 0 bridgehead atoms. The fraction of sp³-hybridized carbons (Fsp3) is 0.367. The van der Waals surface area contributed by atoms with E-state index in [1.54, 1.807) is 6.20 Å². The number of nitrogens with two attached hydrogens (primary N) is 1. The molecule has 2 aromatic carbocycles. The number of aromatic nitrogens is 1. The van der Waals surface area contributed by atoms with Crippen molar-refractivity contribution in [1.82, 2.24) is 20.9 Å². The Morgan fingerprint density at radius 2 is 1.45 bits per heavy atom. The van der Waals surface area contributed by atoms with Crippen molar-refractivity contribution in [2.24, 2.45) is 5.73 Å². The topological polar surface area (TPSA) is 224 Å². The maximum atomic E-state index is 13.8. The van der Waals surface area contributed by atoms with Crippen LogP contribution >= 0.6 is 11.8 Å². The summed E-state index contributed by atoms with van der Waals surface area (Å²) in [6, 6.07) is 8.44. The number of hydrogen-bond acceptors (Lipinski definition) is 8. The molecule has 3 amide bonds. The third-order valence-corrected chi connectivity index (χ3v) is 7.62. The molecule has 44 heavy (non-hydrogen) atoms.